The summed E-state index contributed by atoms with van der Waals surface area (Å²) in [6, 6.07) is 4.76. The monoisotopic (exact) mass is 930 g/mol. The van der Waals surface area contributed by atoms with Gasteiger partial charge in [-0.25, -0.2) is 15.0 Å². The van der Waals surface area contributed by atoms with Crippen molar-refractivity contribution in [3.63, 3.8) is 0 Å². The summed E-state index contributed by atoms with van der Waals surface area (Å²) in [5.74, 6) is -4.21. The van der Waals surface area contributed by atoms with Crippen LogP contribution in [0.5, 0.6) is 0 Å². The molecule has 4 aromatic heterocycles. The molecule has 3 saturated heterocycles. The standard InChI is InChI=1S/C32H40BrN5O5.C9H7N7O2S/c1-16(2)12-24-29(40)37-11-7-10-25(37)32(42)38(24)30(41)31(43-32,17(3)4)35-28(39)18-13-20-19-8-6-9-22-26(19)21(27(33)34-22)14-23(20)36(5)15-18;1-15-4-14-7(16(17)18)9(15)19-8-5-6(11-2-10-5)12-3-13-8/h6,8-9,13,16-18,23-25,34,42H,7,10-12,14-15H2,1-5H3,(H,35,39);2-4H,1H3,(H,10,11,12,13)/t18-,23-,24+,25+,31-,32+;/m1./s1. The van der Waals surface area contributed by atoms with Crippen molar-refractivity contribution in [1.82, 2.24) is 54.5 Å². The van der Waals surface area contributed by atoms with Crippen molar-refractivity contribution in [1.29, 1.82) is 0 Å². The fourth-order valence-electron chi connectivity index (χ4n) is 9.71. The quantitative estimate of drug-likeness (QED) is 0.0965. The van der Waals surface area contributed by atoms with Crippen LogP contribution in [0.25, 0.3) is 27.6 Å². The lowest BCUT2D eigenvalue weighted by molar-refractivity contribution is -0.392. The maximum absolute atomic E-state index is 14.4. The number of imidazole rings is 2. The second-order valence-electron chi connectivity index (χ2n) is 17.3. The van der Waals surface area contributed by atoms with Crippen LogP contribution in [0.3, 0.4) is 0 Å². The highest BCUT2D eigenvalue weighted by Gasteiger charge is 2.72. The van der Waals surface area contributed by atoms with Crippen LogP contribution in [0.2, 0.25) is 0 Å². The summed E-state index contributed by atoms with van der Waals surface area (Å²) in [7, 11) is 3.71. The van der Waals surface area contributed by atoms with Crippen molar-refractivity contribution in [2.75, 3.05) is 20.1 Å². The average Bonchev–Trinajstić information content (AvgIpc) is 4.07. The van der Waals surface area contributed by atoms with Gasteiger partial charge in [-0.15, -0.1) is 0 Å². The smallest absolute Gasteiger partial charge is 0.358 e. The number of nitrogens with zero attached hydrogens (tertiary/aromatic N) is 9. The molecule has 3 amide bonds. The van der Waals surface area contributed by atoms with E-state index in [0.717, 1.165) is 45.9 Å². The largest absolute Gasteiger partial charge is 0.396 e. The van der Waals surface area contributed by atoms with Gasteiger partial charge in [0.1, 0.15) is 29.0 Å². The fraction of sp³-hybridized carbons (Fsp3) is 0.488. The molecular formula is C41H47BrN12O7S. The molecule has 4 aliphatic heterocycles. The summed E-state index contributed by atoms with van der Waals surface area (Å²) in [5, 5.41) is 28.2. The Labute approximate surface area is 368 Å². The van der Waals surface area contributed by atoms with E-state index in [0.29, 0.717) is 47.1 Å². The summed E-state index contributed by atoms with van der Waals surface area (Å²) in [4.78, 5) is 80.0. The number of benzene rings is 1. The van der Waals surface area contributed by atoms with E-state index in [9.17, 15) is 29.6 Å². The second kappa shape index (κ2) is 15.5. The third kappa shape index (κ3) is 6.61. The maximum atomic E-state index is 14.4. The first-order chi connectivity index (χ1) is 29.5. The van der Waals surface area contributed by atoms with E-state index >= 15 is 0 Å². The molecule has 4 N–H and O–H groups in total. The zero-order chi connectivity index (χ0) is 44.0. The summed E-state index contributed by atoms with van der Waals surface area (Å²) in [6.07, 6.45) is 8.75. The molecule has 0 spiro atoms. The molecule has 5 aliphatic rings. The number of aliphatic hydroxyl groups is 1. The van der Waals surface area contributed by atoms with Gasteiger partial charge in [0.15, 0.2) is 10.7 Å². The minimum Gasteiger partial charge on any atom is -0.358 e. The lowest BCUT2D eigenvalue weighted by Gasteiger charge is -2.49. The van der Waals surface area contributed by atoms with Crippen LogP contribution in [-0.4, -0.2) is 127 Å². The van der Waals surface area contributed by atoms with Crippen molar-refractivity contribution in [2.24, 2.45) is 24.8 Å². The van der Waals surface area contributed by atoms with Crippen molar-refractivity contribution in [2.45, 2.75) is 93.2 Å². The predicted molar refractivity (Wildman–Crippen MR) is 230 cm³/mol. The van der Waals surface area contributed by atoms with Gasteiger partial charge in [-0.3, -0.25) is 28.9 Å². The van der Waals surface area contributed by atoms with E-state index in [2.05, 4.69) is 68.2 Å². The van der Waals surface area contributed by atoms with Gasteiger partial charge in [-0.1, -0.05) is 45.9 Å². The lowest BCUT2D eigenvalue weighted by Crippen LogP contribution is -2.71. The number of ether oxygens (including phenoxy) is 1. The van der Waals surface area contributed by atoms with Crippen molar-refractivity contribution in [3.8, 4) is 0 Å². The first-order valence-corrected chi connectivity index (χ1v) is 22.2. The van der Waals surface area contributed by atoms with E-state index in [1.807, 2.05) is 33.0 Å². The fourth-order valence-corrected chi connectivity index (χ4v) is 11.2. The number of amides is 3. The highest BCUT2D eigenvalue weighted by molar-refractivity contribution is 9.10. The van der Waals surface area contributed by atoms with Crippen LogP contribution < -0.4 is 5.32 Å². The molecule has 0 bridgehead atoms. The molecule has 0 unspecified atom stereocenters. The molecule has 1 aromatic carbocycles. The number of fused-ring (bicyclic) bond motifs is 6. The van der Waals surface area contributed by atoms with Crippen LogP contribution in [0.1, 0.15) is 58.1 Å². The topological polar surface area (TPSA) is 234 Å². The van der Waals surface area contributed by atoms with Crippen molar-refractivity contribution < 1.29 is 29.2 Å². The lowest BCUT2D eigenvalue weighted by atomic mass is 9.79. The average molecular weight is 932 g/mol. The number of carbonyl (C=O) groups excluding carboxylic acids is 3. The van der Waals surface area contributed by atoms with Gasteiger partial charge >= 0.3 is 5.82 Å². The molecule has 62 heavy (non-hydrogen) atoms. The SMILES string of the molecule is CC(C)C[C@H]1C(=O)N2CCC[C@H]2[C@]2(O)O[C@](NC(=O)[C@@H]3C=C4c5cccc6[nH]c(Br)c(c56)C[C@H]4N(C)C3)(C(C)C)C(=O)N12.Cn1cnc([N+](=O)[O-])c1Sc1ncnc2nc[nH]c12. The molecule has 0 saturated carbocycles. The number of aromatic nitrogens is 7. The van der Waals surface area contributed by atoms with E-state index in [-0.39, 0.29) is 29.6 Å². The number of piperazine rings is 1. The number of H-pyrrole nitrogens is 2. The van der Waals surface area contributed by atoms with Crippen molar-refractivity contribution in [3.05, 3.63) is 69.1 Å². The van der Waals surface area contributed by atoms with Crippen LogP contribution in [0, 0.1) is 27.9 Å². The maximum Gasteiger partial charge on any atom is 0.396 e. The molecule has 5 aromatic rings. The van der Waals surface area contributed by atoms with E-state index in [1.54, 1.807) is 30.4 Å². The van der Waals surface area contributed by atoms with Crippen LogP contribution in [-0.2, 0) is 32.6 Å². The Morgan fingerprint density at radius 1 is 1.18 bits per heavy atom. The van der Waals surface area contributed by atoms with Crippen LogP contribution in [0.15, 0.2) is 57.9 Å². The minimum absolute atomic E-state index is 0.104. The molecule has 6 atom stereocenters. The van der Waals surface area contributed by atoms with E-state index in [1.165, 1.54) is 34.8 Å². The predicted octanol–water partition coefficient (Wildman–Crippen LogP) is 4.34. The van der Waals surface area contributed by atoms with Gasteiger partial charge < -0.3 is 40.0 Å². The van der Waals surface area contributed by atoms with Crippen LogP contribution in [0.4, 0.5) is 5.82 Å². The third-order valence-corrected chi connectivity index (χ3v) is 14.5. The number of carbonyl (C=O) groups is 3. The van der Waals surface area contributed by atoms with Crippen molar-refractivity contribution >= 4 is 78.9 Å². The third-order valence-electron chi connectivity index (χ3n) is 12.7. The Bertz CT molecular complexity index is 2680. The molecular weight excluding hydrogens is 884 g/mol. The van der Waals surface area contributed by atoms with Gasteiger partial charge in [0.05, 0.1) is 16.8 Å². The number of nitrogens with one attached hydrogen (secondary N) is 3. The molecule has 8 heterocycles. The van der Waals surface area contributed by atoms with Gasteiger partial charge in [0.25, 0.3) is 11.8 Å². The first-order valence-electron chi connectivity index (χ1n) is 20.6. The Hall–Kier alpha value is -5.22. The Kier molecular flexibility index (Phi) is 10.6. The zero-order valence-electron chi connectivity index (χ0n) is 35.0. The van der Waals surface area contributed by atoms with Gasteiger partial charge in [0, 0.05) is 43.0 Å². The number of hydrogen-bond acceptors (Lipinski definition) is 13. The Balaban J connectivity index is 0.000000215. The van der Waals surface area contributed by atoms with E-state index < -0.39 is 46.4 Å². The highest BCUT2D eigenvalue weighted by Crippen LogP contribution is 2.49. The second-order valence-corrected chi connectivity index (χ2v) is 19.1. The number of aromatic amines is 2. The summed E-state index contributed by atoms with van der Waals surface area (Å²) < 4.78 is 9.01. The summed E-state index contributed by atoms with van der Waals surface area (Å²) in [5.41, 5.74) is 3.83. The molecule has 0 radical (unpaired) electrons. The van der Waals surface area contributed by atoms with Gasteiger partial charge in [-0.05, 0) is 99.0 Å². The first kappa shape index (κ1) is 42.1. The number of rotatable bonds is 8. The van der Waals surface area contributed by atoms with Gasteiger partial charge in [0.2, 0.25) is 23.9 Å². The number of hydrogen-bond donors (Lipinski definition) is 4. The Morgan fingerprint density at radius 3 is 2.71 bits per heavy atom. The number of halogens is 1. The number of likely N-dealkylation sites (N-methyl/N-ethyl adjacent to an activating group) is 1. The molecule has 10 rings (SSSR count). The minimum atomic E-state index is -2.01. The molecule has 3 fully saturated rings. The summed E-state index contributed by atoms with van der Waals surface area (Å²) in [6.45, 7) is 8.57. The summed E-state index contributed by atoms with van der Waals surface area (Å²) >= 11 is 4.85. The number of nitro groups is 1. The molecule has 326 valence electrons. The highest BCUT2D eigenvalue weighted by atomic mass is 79.9. The van der Waals surface area contributed by atoms with Gasteiger partial charge in [-0.2, -0.15) is 0 Å². The molecule has 1 aliphatic carbocycles. The number of aryl methyl sites for hydroxylation is 1. The molecule has 21 heteroatoms. The normalized spacial score (nSPS) is 26.8. The van der Waals surface area contributed by atoms with Crippen LogP contribution >= 0.6 is 27.7 Å². The molecule has 19 nitrogen and oxygen atoms in total. The van der Waals surface area contributed by atoms with E-state index in [4.69, 9.17) is 4.74 Å². The Morgan fingerprint density at radius 2 is 1.97 bits per heavy atom. The zero-order valence-corrected chi connectivity index (χ0v) is 37.4.